The molecule has 94 valence electrons. The first kappa shape index (κ1) is 14.8. The van der Waals surface area contributed by atoms with Crippen LogP contribution in [0.1, 0.15) is 17.5 Å². The summed E-state index contributed by atoms with van der Waals surface area (Å²) in [6, 6.07) is 9.06. The second-order valence-corrected chi connectivity index (χ2v) is 12.4. The molecule has 0 saturated heterocycles. The summed E-state index contributed by atoms with van der Waals surface area (Å²) in [6.07, 6.45) is 2.76. The Hall–Kier alpha value is -0.283. The Labute approximate surface area is 114 Å². The fourth-order valence-electron chi connectivity index (χ4n) is 1.42. The van der Waals surface area contributed by atoms with Gasteiger partial charge in [-0.3, -0.25) is 0 Å². The van der Waals surface area contributed by atoms with Gasteiger partial charge in [-0.1, -0.05) is 36.9 Å². The van der Waals surface area contributed by atoms with Gasteiger partial charge in [0.25, 0.3) is 0 Å². The Bertz CT molecular complexity index is 343. The van der Waals surface area contributed by atoms with Gasteiger partial charge < -0.3 is 4.74 Å². The lowest BCUT2D eigenvalue weighted by molar-refractivity contribution is 0.121. The van der Waals surface area contributed by atoms with Crippen molar-refractivity contribution in [3.05, 3.63) is 42.0 Å². The summed E-state index contributed by atoms with van der Waals surface area (Å²) in [4.78, 5) is 0. The molecule has 1 rings (SSSR count). The number of hydrogen-bond donors (Lipinski definition) is 0. The van der Waals surface area contributed by atoms with Crippen molar-refractivity contribution in [1.82, 2.24) is 0 Å². The topological polar surface area (TPSA) is 9.23 Å². The summed E-state index contributed by atoms with van der Waals surface area (Å²) in [5.41, 5.74) is 2.30. The maximum atomic E-state index is 6.00. The van der Waals surface area contributed by atoms with Crippen molar-refractivity contribution in [3.63, 3.8) is 0 Å². The number of halogens is 2. The summed E-state index contributed by atoms with van der Waals surface area (Å²) in [7, 11) is 0. The van der Waals surface area contributed by atoms with Crippen LogP contribution in [-0.2, 0) is 11.3 Å². The smallest absolute Gasteiger partial charge is 0.248 e. The molecule has 0 N–H and O–H groups in total. The van der Waals surface area contributed by atoms with Gasteiger partial charge in [0.2, 0.25) is 6.69 Å². The summed E-state index contributed by atoms with van der Waals surface area (Å²) in [5.74, 6) is 0. The number of rotatable bonds is 7. The molecule has 0 aliphatic heterocycles. The van der Waals surface area contributed by atoms with E-state index in [-0.39, 0.29) is 0 Å². The van der Waals surface area contributed by atoms with Gasteiger partial charge in [-0.25, -0.2) is 0 Å². The standard InChI is InChI=1S/C13H18Cl2OSi/c1-3-12-5-7-13(8-6-12)11-16-9-4-10-17(2,14)15/h3,5-8H,1,4,9-11H2,2H3. The van der Waals surface area contributed by atoms with Gasteiger partial charge in [0.05, 0.1) is 6.61 Å². The molecule has 1 aromatic carbocycles. The molecule has 1 nitrogen and oxygen atoms in total. The van der Waals surface area contributed by atoms with Crippen molar-refractivity contribution in [2.75, 3.05) is 6.61 Å². The van der Waals surface area contributed by atoms with Gasteiger partial charge in [0.1, 0.15) is 0 Å². The largest absolute Gasteiger partial charge is 0.377 e. The van der Waals surface area contributed by atoms with Gasteiger partial charge in [-0.2, -0.15) is 0 Å². The third-order valence-electron chi connectivity index (χ3n) is 2.39. The molecule has 0 aliphatic rings. The predicted octanol–water partition coefficient (Wildman–Crippen LogP) is 4.79. The van der Waals surface area contributed by atoms with Gasteiger partial charge in [-0.15, -0.1) is 22.2 Å². The fraction of sp³-hybridized carbons (Fsp3) is 0.385. The van der Waals surface area contributed by atoms with Gasteiger partial charge >= 0.3 is 0 Å². The molecule has 0 heterocycles. The molecule has 0 radical (unpaired) electrons. The first-order valence-corrected chi connectivity index (χ1v) is 10.4. The van der Waals surface area contributed by atoms with Crippen LogP contribution in [-0.4, -0.2) is 13.3 Å². The number of ether oxygens (including phenoxy) is 1. The molecule has 0 bridgehead atoms. The third kappa shape index (κ3) is 6.89. The average molecular weight is 289 g/mol. The van der Waals surface area contributed by atoms with Crippen molar-refractivity contribution < 1.29 is 4.74 Å². The molecular formula is C13H18Cl2OSi. The van der Waals surface area contributed by atoms with E-state index in [1.54, 1.807) is 0 Å². The third-order valence-corrected chi connectivity index (χ3v) is 4.75. The van der Waals surface area contributed by atoms with E-state index in [1.807, 2.05) is 24.8 Å². The molecular weight excluding hydrogens is 271 g/mol. The summed E-state index contributed by atoms with van der Waals surface area (Å²) < 4.78 is 5.57. The maximum Gasteiger partial charge on any atom is 0.248 e. The fourth-order valence-corrected chi connectivity index (χ4v) is 2.99. The number of hydrogen-bond acceptors (Lipinski definition) is 1. The molecule has 0 fully saturated rings. The zero-order valence-electron chi connectivity index (χ0n) is 10.1. The van der Waals surface area contributed by atoms with Crippen LogP contribution in [0.3, 0.4) is 0 Å². The van der Waals surface area contributed by atoms with E-state index in [4.69, 9.17) is 26.9 Å². The highest BCUT2D eigenvalue weighted by molar-refractivity contribution is 7.44. The van der Waals surface area contributed by atoms with Gasteiger partial charge in [-0.05, 0) is 30.1 Å². The minimum atomic E-state index is -1.95. The van der Waals surface area contributed by atoms with E-state index in [1.165, 1.54) is 5.56 Å². The van der Waals surface area contributed by atoms with Crippen LogP contribution >= 0.6 is 22.2 Å². The molecule has 0 amide bonds. The molecule has 0 spiro atoms. The van der Waals surface area contributed by atoms with Crippen LogP contribution in [0.15, 0.2) is 30.8 Å². The lowest BCUT2D eigenvalue weighted by Gasteiger charge is -2.10. The number of benzene rings is 1. The molecule has 4 heteroatoms. The highest BCUT2D eigenvalue weighted by Gasteiger charge is 2.19. The molecule has 0 aliphatic carbocycles. The van der Waals surface area contributed by atoms with E-state index in [9.17, 15) is 0 Å². The Morgan fingerprint density at radius 2 is 1.94 bits per heavy atom. The highest BCUT2D eigenvalue weighted by atomic mass is 35.7. The minimum Gasteiger partial charge on any atom is -0.377 e. The van der Waals surface area contributed by atoms with Crippen LogP contribution in [0.2, 0.25) is 12.6 Å². The Morgan fingerprint density at radius 1 is 1.29 bits per heavy atom. The molecule has 17 heavy (non-hydrogen) atoms. The average Bonchev–Trinajstić information content (AvgIpc) is 2.28. The Morgan fingerprint density at radius 3 is 2.47 bits per heavy atom. The van der Waals surface area contributed by atoms with Gasteiger partial charge in [0, 0.05) is 6.61 Å². The van der Waals surface area contributed by atoms with Crippen molar-refractivity contribution in [3.8, 4) is 0 Å². The maximum absolute atomic E-state index is 6.00. The monoisotopic (exact) mass is 288 g/mol. The van der Waals surface area contributed by atoms with Crippen molar-refractivity contribution >= 4 is 34.9 Å². The van der Waals surface area contributed by atoms with Crippen molar-refractivity contribution in [2.45, 2.75) is 25.6 Å². The molecule has 0 saturated carbocycles. The zero-order valence-corrected chi connectivity index (χ0v) is 12.6. The van der Waals surface area contributed by atoms with E-state index in [2.05, 4.69) is 18.7 Å². The SMILES string of the molecule is C=Cc1ccc(COCCC[Si](C)(Cl)Cl)cc1. The molecule has 0 aromatic heterocycles. The Kier molecular flexibility index (Phi) is 6.27. The zero-order chi connectivity index (χ0) is 12.7. The van der Waals surface area contributed by atoms with Crippen molar-refractivity contribution in [2.24, 2.45) is 0 Å². The van der Waals surface area contributed by atoms with Crippen LogP contribution in [0, 0.1) is 0 Å². The second kappa shape index (κ2) is 7.22. The normalized spacial score (nSPS) is 11.5. The Balaban J connectivity index is 2.20. The first-order chi connectivity index (χ1) is 8.01. The second-order valence-electron chi connectivity index (χ2n) is 4.17. The minimum absolute atomic E-state index is 0.639. The molecule has 0 unspecified atom stereocenters. The predicted molar refractivity (Wildman–Crippen MR) is 78.9 cm³/mol. The highest BCUT2D eigenvalue weighted by Crippen LogP contribution is 2.21. The van der Waals surface area contributed by atoms with Gasteiger partial charge in [0.15, 0.2) is 0 Å². The quantitative estimate of drug-likeness (QED) is 0.398. The summed E-state index contributed by atoms with van der Waals surface area (Å²) in [6.45, 7) is 5.06. The molecule has 0 atom stereocenters. The van der Waals surface area contributed by atoms with Crippen LogP contribution in [0.25, 0.3) is 6.08 Å². The van der Waals surface area contributed by atoms with Crippen molar-refractivity contribution in [1.29, 1.82) is 0 Å². The molecule has 1 aromatic rings. The lowest BCUT2D eigenvalue weighted by Crippen LogP contribution is -2.13. The van der Waals surface area contributed by atoms with Crippen LogP contribution in [0.5, 0.6) is 0 Å². The van der Waals surface area contributed by atoms with E-state index in [0.717, 1.165) is 18.0 Å². The first-order valence-electron chi connectivity index (χ1n) is 5.68. The van der Waals surface area contributed by atoms with Crippen LogP contribution < -0.4 is 0 Å². The van der Waals surface area contributed by atoms with Crippen LogP contribution in [0.4, 0.5) is 0 Å². The summed E-state index contributed by atoms with van der Waals surface area (Å²) in [5, 5.41) is 0. The summed E-state index contributed by atoms with van der Waals surface area (Å²) >= 11 is 12.0. The lowest BCUT2D eigenvalue weighted by atomic mass is 10.1. The van der Waals surface area contributed by atoms with E-state index >= 15 is 0 Å². The van der Waals surface area contributed by atoms with E-state index < -0.39 is 6.69 Å². The van der Waals surface area contributed by atoms with E-state index in [0.29, 0.717) is 13.2 Å².